The number of ether oxygens (including phenoxy) is 1. The summed E-state index contributed by atoms with van der Waals surface area (Å²) < 4.78 is 7.19. The molecule has 0 unspecified atom stereocenters. The first-order valence-electron chi connectivity index (χ1n) is 12.5. The molecule has 1 aromatic heterocycles. The van der Waals surface area contributed by atoms with Crippen LogP contribution in [0.15, 0.2) is 60.8 Å². The highest BCUT2D eigenvalue weighted by Crippen LogP contribution is 2.34. The van der Waals surface area contributed by atoms with E-state index in [1.54, 1.807) is 24.1 Å². The van der Waals surface area contributed by atoms with Crippen LogP contribution in [-0.2, 0) is 23.4 Å². The third kappa shape index (κ3) is 3.70. The number of nitrogens with one attached hydrogen (secondary N) is 2. The Morgan fingerprint density at radius 3 is 2.50 bits per heavy atom. The van der Waals surface area contributed by atoms with E-state index in [9.17, 15) is 14.4 Å². The molecule has 3 aromatic carbocycles. The number of carbonyl (C=O) groups is 3. The number of carbonyl (C=O) groups excluding carboxylic acids is 3. The predicted octanol–water partition coefficient (Wildman–Crippen LogP) is 3.73. The average molecular weight is 510 g/mol. The van der Waals surface area contributed by atoms with Gasteiger partial charge in [-0.1, -0.05) is 30.3 Å². The quantitative estimate of drug-likeness (QED) is 0.386. The van der Waals surface area contributed by atoms with Crippen LogP contribution in [0.3, 0.4) is 0 Å². The van der Waals surface area contributed by atoms with Crippen molar-refractivity contribution in [3.8, 4) is 16.9 Å². The molecule has 4 aromatic rings. The Kier molecular flexibility index (Phi) is 5.45. The number of aryl methyl sites for hydroxylation is 2. The van der Waals surface area contributed by atoms with E-state index < -0.39 is 17.5 Å². The van der Waals surface area contributed by atoms with Crippen molar-refractivity contribution in [1.29, 1.82) is 0 Å². The van der Waals surface area contributed by atoms with Crippen LogP contribution in [0.25, 0.3) is 22.0 Å². The predicted molar refractivity (Wildman–Crippen MR) is 142 cm³/mol. The number of fused-ring (bicyclic) bond motifs is 2. The first kappa shape index (κ1) is 23.7. The second-order valence-electron chi connectivity index (χ2n) is 9.79. The summed E-state index contributed by atoms with van der Waals surface area (Å²) in [4.78, 5) is 40.3. The number of amides is 4. The Balaban J connectivity index is 1.33. The molecular formula is C29H27N5O4. The minimum atomic E-state index is -1.40. The number of benzene rings is 3. The molecule has 0 bridgehead atoms. The maximum absolute atomic E-state index is 13.2. The largest absolute Gasteiger partial charge is 0.497 e. The molecule has 0 spiro atoms. The van der Waals surface area contributed by atoms with Gasteiger partial charge in [-0.15, -0.1) is 0 Å². The Morgan fingerprint density at radius 2 is 1.82 bits per heavy atom. The summed E-state index contributed by atoms with van der Waals surface area (Å²) in [6, 6.07) is 16.5. The third-order valence-electron chi connectivity index (χ3n) is 7.45. The SMILES string of the molecule is CCn1cc2cc(-c3ccc([C@]4(CN5Cc6ccc(OC)cc6C5=O)NC(=O)NC4=O)cc3)cc(C)c2n1. The molecule has 0 radical (unpaired) electrons. The lowest BCUT2D eigenvalue weighted by Crippen LogP contribution is -2.52. The van der Waals surface area contributed by atoms with E-state index in [-0.39, 0.29) is 12.5 Å². The van der Waals surface area contributed by atoms with Crippen LogP contribution in [0.2, 0.25) is 0 Å². The highest BCUT2D eigenvalue weighted by molar-refractivity contribution is 6.08. The van der Waals surface area contributed by atoms with Gasteiger partial charge in [0.25, 0.3) is 11.8 Å². The van der Waals surface area contributed by atoms with Crippen LogP contribution in [-0.4, -0.2) is 46.2 Å². The Morgan fingerprint density at radius 1 is 1.03 bits per heavy atom. The monoisotopic (exact) mass is 509 g/mol. The zero-order valence-corrected chi connectivity index (χ0v) is 21.4. The smallest absolute Gasteiger partial charge is 0.322 e. The number of urea groups is 1. The van der Waals surface area contributed by atoms with Crippen molar-refractivity contribution >= 4 is 28.7 Å². The average Bonchev–Trinajstić information content (AvgIpc) is 3.57. The normalized spacial score (nSPS) is 18.6. The number of rotatable bonds is 6. The second kappa shape index (κ2) is 8.72. The summed E-state index contributed by atoms with van der Waals surface area (Å²) in [5, 5.41) is 10.9. The fourth-order valence-corrected chi connectivity index (χ4v) is 5.41. The van der Waals surface area contributed by atoms with Gasteiger partial charge < -0.3 is 15.0 Å². The van der Waals surface area contributed by atoms with Gasteiger partial charge in [0.15, 0.2) is 5.54 Å². The summed E-state index contributed by atoms with van der Waals surface area (Å²) >= 11 is 0. The molecule has 2 N–H and O–H groups in total. The minimum absolute atomic E-state index is 0.00101. The van der Waals surface area contributed by atoms with Gasteiger partial charge in [-0.25, -0.2) is 4.79 Å². The summed E-state index contributed by atoms with van der Waals surface area (Å²) in [6.45, 7) is 5.24. The Hall–Kier alpha value is -4.66. The molecule has 9 nitrogen and oxygen atoms in total. The van der Waals surface area contributed by atoms with Gasteiger partial charge in [-0.2, -0.15) is 5.10 Å². The van der Waals surface area contributed by atoms with E-state index >= 15 is 0 Å². The topological polar surface area (TPSA) is 106 Å². The molecular weight excluding hydrogens is 482 g/mol. The number of nitrogens with zero attached hydrogens (tertiary/aromatic N) is 3. The number of aromatic nitrogens is 2. The summed E-state index contributed by atoms with van der Waals surface area (Å²) in [6.07, 6.45) is 2.04. The Bertz CT molecular complexity index is 1620. The number of methoxy groups -OCH3 is 1. The fourth-order valence-electron chi connectivity index (χ4n) is 5.41. The molecule has 0 aliphatic carbocycles. The standard InChI is InChI=1S/C29H27N5O4/c1-4-34-15-21-12-20(11-17(2)25(21)32-34)18-5-8-22(9-6-18)29(27(36)30-28(37)31-29)16-33-14-19-7-10-23(38-3)13-24(19)26(33)35/h5-13,15H,4,14,16H2,1-3H3,(H2,30,31,36,37)/t29-/m0/s1. The first-order chi connectivity index (χ1) is 18.3. The van der Waals surface area contributed by atoms with Crippen LogP contribution in [0, 0.1) is 6.92 Å². The molecule has 0 saturated carbocycles. The van der Waals surface area contributed by atoms with Crippen LogP contribution >= 0.6 is 0 Å². The molecule has 6 rings (SSSR count). The van der Waals surface area contributed by atoms with Crippen molar-refractivity contribution in [2.75, 3.05) is 13.7 Å². The summed E-state index contributed by atoms with van der Waals surface area (Å²) in [7, 11) is 1.55. The van der Waals surface area contributed by atoms with Gasteiger partial charge in [0, 0.05) is 30.2 Å². The molecule has 1 atom stereocenters. The van der Waals surface area contributed by atoms with Gasteiger partial charge in [0.2, 0.25) is 0 Å². The van der Waals surface area contributed by atoms with Crippen molar-refractivity contribution in [1.82, 2.24) is 25.3 Å². The van der Waals surface area contributed by atoms with Gasteiger partial charge in [0.05, 0.1) is 19.2 Å². The molecule has 1 fully saturated rings. The maximum atomic E-state index is 13.2. The lowest BCUT2D eigenvalue weighted by molar-refractivity contribution is -0.124. The van der Waals surface area contributed by atoms with Crippen molar-refractivity contribution in [2.45, 2.75) is 32.5 Å². The van der Waals surface area contributed by atoms with Gasteiger partial charge in [0.1, 0.15) is 5.75 Å². The molecule has 1 saturated heterocycles. The summed E-state index contributed by atoms with van der Waals surface area (Å²) in [5.41, 5.74) is 4.65. The van der Waals surface area contributed by atoms with Gasteiger partial charge >= 0.3 is 6.03 Å². The van der Waals surface area contributed by atoms with Crippen molar-refractivity contribution in [3.63, 3.8) is 0 Å². The molecule has 2 aliphatic heterocycles. The van der Waals surface area contributed by atoms with E-state index in [4.69, 9.17) is 4.74 Å². The van der Waals surface area contributed by atoms with E-state index in [1.807, 2.05) is 48.1 Å². The maximum Gasteiger partial charge on any atom is 0.322 e. The van der Waals surface area contributed by atoms with Gasteiger partial charge in [-0.05, 0) is 65.9 Å². The zero-order chi connectivity index (χ0) is 26.6. The lowest BCUT2D eigenvalue weighted by atomic mass is 9.87. The van der Waals surface area contributed by atoms with Crippen molar-refractivity contribution in [3.05, 3.63) is 83.0 Å². The van der Waals surface area contributed by atoms with E-state index in [0.29, 0.717) is 23.4 Å². The molecule has 38 heavy (non-hydrogen) atoms. The third-order valence-corrected chi connectivity index (χ3v) is 7.45. The molecule has 4 amide bonds. The zero-order valence-electron chi connectivity index (χ0n) is 21.4. The fraction of sp³-hybridized carbons (Fsp3) is 0.241. The molecule has 3 heterocycles. The highest BCUT2D eigenvalue weighted by Gasteiger charge is 2.50. The number of hydrogen-bond acceptors (Lipinski definition) is 5. The number of imide groups is 1. The highest BCUT2D eigenvalue weighted by atomic mass is 16.5. The van der Waals surface area contributed by atoms with Crippen LogP contribution < -0.4 is 15.4 Å². The van der Waals surface area contributed by atoms with Gasteiger partial charge in [-0.3, -0.25) is 19.6 Å². The Labute approximate surface area is 219 Å². The summed E-state index contributed by atoms with van der Waals surface area (Å²) in [5.74, 6) is -0.104. The van der Waals surface area contributed by atoms with Crippen LogP contribution in [0.5, 0.6) is 5.75 Å². The van der Waals surface area contributed by atoms with E-state index in [0.717, 1.165) is 39.7 Å². The molecule has 192 valence electrons. The van der Waals surface area contributed by atoms with Crippen LogP contribution in [0.4, 0.5) is 4.79 Å². The van der Waals surface area contributed by atoms with E-state index in [1.165, 1.54) is 0 Å². The molecule has 9 heteroatoms. The minimum Gasteiger partial charge on any atom is -0.497 e. The lowest BCUT2D eigenvalue weighted by Gasteiger charge is -2.31. The van der Waals surface area contributed by atoms with Crippen molar-refractivity contribution < 1.29 is 19.1 Å². The number of hydrogen-bond donors (Lipinski definition) is 2. The van der Waals surface area contributed by atoms with E-state index in [2.05, 4.69) is 34.8 Å². The van der Waals surface area contributed by atoms with Crippen LogP contribution in [0.1, 0.15) is 34.0 Å². The van der Waals surface area contributed by atoms with Crippen molar-refractivity contribution in [2.24, 2.45) is 0 Å². The second-order valence-corrected chi connectivity index (χ2v) is 9.79. The first-order valence-corrected chi connectivity index (χ1v) is 12.5. The molecule has 2 aliphatic rings.